The molecule has 1 aromatic heterocycles. The Hall–Kier alpha value is -1.62. The third-order valence-corrected chi connectivity index (χ3v) is 6.26. The van der Waals surface area contributed by atoms with E-state index >= 15 is 0 Å². The van der Waals surface area contributed by atoms with Crippen LogP contribution < -0.4 is 10.9 Å². The minimum atomic E-state index is 0.253. The molecule has 2 N–H and O–H groups in total. The first kappa shape index (κ1) is 19.7. The molecule has 0 saturated carbocycles. The van der Waals surface area contributed by atoms with Gasteiger partial charge < -0.3 is 9.64 Å². The van der Waals surface area contributed by atoms with Gasteiger partial charge in [-0.3, -0.25) is 20.5 Å². The zero-order valence-corrected chi connectivity index (χ0v) is 16.7. The van der Waals surface area contributed by atoms with Gasteiger partial charge in [-0.2, -0.15) is 0 Å². The van der Waals surface area contributed by atoms with E-state index in [1.165, 1.54) is 0 Å². The third-order valence-electron chi connectivity index (χ3n) is 6.26. The number of hydrazine groups is 1. The second-order valence-corrected chi connectivity index (χ2v) is 8.01. The van der Waals surface area contributed by atoms with Crippen LogP contribution in [0.4, 0.5) is 0 Å². The average Bonchev–Trinajstić information content (AvgIpc) is 3.34. The summed E-state index contributed by atoms with van der Waals surface area (Å²) in [6, 6.07) is 0.961. The highest BCUT2D eigenvalue weighted by atomic mass is 16.5. The molecule has 0 bridgehead atoms. The van der Waals surface area contributed by atoms with Gasteiger partial charge in [-0.1, -0.05) is 6.92 Å². The fourth-order valence-corrected chi connectivity index (χ4v) is 4.53. The number of rotatable bonds is 7. The Labute approximate surface area is 165 Å². The van der Waals surface area contributed by atoms with Gasteiger partial charge in [-0.05, 0) is 29.7 Å². The molecule has 4 heterocycles. The van der Waals surface area contributed by atoms with Crippen LogP contribution in [0.3, 0.4) is 0 Å². The van der Waals surface area contributed by atoms with Crippen LogP contribution >= 0.6 is 0 Å². The highest BCUT2D eigenvalue weighted by Crippen LogP contribution is 2.26. The Morgan fingerprint density at radius 2 is 2.11 bits per heavy atom. The van der Waals surface area contributed by atoms with Crippen LogP contribution in [0, 0.1) is 5.92 Å². The Morgan fingerprint density at radius 3 is 2.93 bits per heavy atom. The number of fused-ring (bicyclic) bond motifs is 1. The van der Waals surface area contributed by atoms with E-state index in [1.807, 2.05) is 9.58 Å². The van der Waals surface area contributed by atoms with Gasteiger partial charge in [0.2, 0.25) is 5.91 Å². The van der Waals surface area contributed by atoms with Crippen LogP contribution in [0.25, 0.3) is 0 Å². The molecule has 3 unspecified atom stereocenters. The van der Waals surface area contributed by atoms with Crippen molar-refractivity contribution in [2.24, 2.45) is 5.92 Å². The lowest BCUT2D eigenvalue weighted by Gasteiger charge is -2.36. The Balaban J connectivity index is 1.23. The highest BCUT2D eigenvalue weighted by molar-refractivity contribution is 5.76. The van der Waals surface area contributed by atoms with Gasteiger partial charge in [0, 0.05) is 57.1 Å². The Bertz CT molecular complexity index is 641. The van der Waals surface area contributed by atoms with Crippen LogP contribution in [-0.2, 0) is 22.6 Å². The highest BCUT2D eigenvalue weighted by Gasteiger charge is 2.39. The number of tetrazole rings is 1. The number of hydrogen-bond acceptors (Lipinski definition) is 8. The van der Waals surface area contributed by atoms with Crippen LogP contribution in [0.5, 0.6) is 0 Å². The lowest BCUT2D eigenvalue weighted by atomic mass is 9.87. The summed E-state index contributed by atoms with van der Waals surface area (Å²) in [5.74, 6) is 1.63. The first-order valence-electron chi connectivity index (χ1n) is 10.6. The molecule has 3 aliphatic rings. The van der Waals surface area contributed by atoms with Crippen molar-refractivity contribution in [3.8, 4) is 0 Å². The van der Waals surface area contributed by atoms with Gasteiger partial charge >= 0.3 is 0 Å². The van der Waals surface area contributed by atoms with Crippen molar-refractivity contribution in [1.82, 2.24) is 40.9 Å². The van der Waals surface area contributed by atoms with E-state index in [0.29, 0.717) is 31.0 Å². The fourth-order valence-electron chi connectivity index (χ4n) is 4.53. The van der Waals surface area contributed by atoms with Gasteiger partial charge in [0.05, 0.1) is 19.8 Å². The first-order valence-corrected chi connectivity index (χ1v) is 10.6. The zero-order valence-electron chi connectivity index (χ0n) is 16.7. The summed E-state index contributed by atoms with van der Waals surface area (Å²) in [7, 11) is 0. The molecule has 3 fully saturated rings. The number of morpholine rings is 1. The molecule has 28 heavy (non-hydrogen) atoms. The zero-order chi connectivity index (χ0) is 19.3. The molecular formula is C18H32N8O2. The van der Waals surface area contributed by atoms with E-state index in [1.54, 1.807) is 0 Å². The van der Waals surface area contributed by atoms with Gasteiger partial charge in [-0.25, -0.2) is 4.68 Å². The number of amides is 1. The molecule has 10 heteroatoms. The monoisotopic (exact) mass is 392 g/mol. The molecule has 0 radical (unpaired) electrons. The molecule has 10 nitrogen and oxygen atoms in total. The molecule has 3 saturated heterocycles. The number of likely N-dealkylation sites (tertiary alicyclic amines) is 1. The second-order valence-electron chi connectivity index (χ2n) is 8.01. The minimum Gasteiger partial charge on any atom is -0.379 e. The average molecular weight is 393 g/mol. The topological polar surface area (TPSA) is 100 Å². The number of carbonyl (C=O) groups is 1. The summed E-state index contributed by atoms with van der Waals surface area (Å²) >= 11 is 0. The molecule has 0 spiro atoms. The molecule has 1 aromatic rings. The Morgan fingerprint density at radius 1 is 1.25 bits per heavy atom. The van der Waals surface area contributed by atoms with Crippen LogP contribution in [-0.4, -0.2) is 87.4 Å². The predicted octanol–water partition coefficient (Wildman–Crippen LogP) is -0.611. The number of ether oxygens (including phenoxy) is 1. The van der Waals surface area contributed by atoms with Crippen LogP contribution in [0.15, 0.2) is 0 Å². The lowest BCUT2D eigenvalue weighted by Crippen LogP contribution is -2.48. The number of nitrogens with zero attached hydrogens (tertiary/aromatic N) is 6. The maximum absolute atomic E-state index is 12.7. The van der Waals surface area contributed by atoms with Crippen molar-refractivity contribution in [3.63, 3.8) is 0 Å². The fraction of sp³-hybridized carbons (Fsp3) is 0.889. The van der Waals surface area contributed by atoms with Crippen LogP contribution in [0.2, 0.25) is 0 Å². The van der Waals surface area contributed by atoms with E-state index in [9.17, 15) is 4.79 Å². The quantitative estimate of drug-likeness (QED) is 0.634. The van der Waals surface area contributed by atoms with E-state index in [0.717, 1.165) is 71.0 Å². The molecule has 0 aliphatic carbocycles. The molecular weight excluding hydrogens is 360 g/mol. The molecule has 0 aromatic carbocycles. The summed E-state index contributed by atoms with van der Waals surface area (Å²) in [6.07, 6.45) is 3.42. The van der Waals surface area contributed by atoms with Crippen molar-refractivity contribution < 1.29 is 9.53 Å². The number of piperidine rings is 1. The molecule has 3 aliphatic heterocycles. The summed E-state index contributed by atoms with van der Waals surface area (Å²) in [5.41, 5.74) is 6.78. The smallest absolute Gasteiger partial charge is 0.222 e. The third kappa shape index (κ3) is 4.51. The normalized spacial score (nSPS) is 28.5. The second kappa shape index (κ2) is 9.25. The number of aryl methyl sites for hydroxylation is 1. The van der Waals surface area contributed by atoms with E-state index in [-0.39, 0.29) is 5.91 Å². The van der Waals surface area contributed by atoms with Crippen molar-refractivity contribution in [3.05, 3.63) is 5.82 Å². The standard InChI is InChI=1S/C18H32N8O2/c1-2-15-14-12-25(7-5-16(14)20-19-15)18(27)4-3-6-26-17(21-22-23-26)13-24-8-10-28-11-9-24/h14-16,19-20H,2-13H2,1H3. The maximum Gasteiger partial charge on any atom is 0.222 e. The van der Waals surface area contributed by atoms with Gasteiger partial charge in [-0.15, -0.1) is 5.10 Å². The molecule has 3 atom stereocenters. The van der Waals surface area contributed by atoms with E-state index in [4.69, 9.17) is 4.74 Å². The summed E-state index contributed by atoms with van der Waals surface area (Å²) in [4.78, 5) is 17.1. The number of nitrogens with one attached hydrogen (secondary N) is 2. The summed E-state index contributed by atoms with van der Waals surface area (Å²) < 4.78 is 7.23. The molecule has 1 amide bonds. The first-order chi connectivity index (χ1) is 13.7. The van der Waals surface area contributed by atoms with Crippen molar-refractivity contribution >= 4 is 5.91 Å². The number of hydrogen-bond donors (Lipinski definition) is 2. The van der Waals surface area contributed by atoms with Crippen LogP contribution in [0.1, 0.15) is 38.4 Å². The molecule has 156 valence electrons. The number of carbonyl (C=O) groups excluding carboxylic acids is 1. The van der Waals surface area contributed by atoms with Gasteiger partial charge in [0.15, 0.2) is 5.82 Å². The Kier molecular flexibility index (Phi) is 6.50. The molecule has 4 rings (SSSR count). The summed E-state index contributed by atoms with van der Waals surface area (Å²) in [5, 5.41) is 12.1. The van der Waals surface area contributed by atoms with Gasteiger partial charge in [0.25, 0.3) is 0 Å². The maximum atomic E-state index is 12.7. The van der Waals surface area contributed by atoms with E-state index < -0.39 is 0 Å². The minimum absolute atomic E-state index is 0.253. The largest absolute Gasteiger partial charge is 0.379 e. The van der Waals surface area contributed by atoms with E-state index in [2.05, 4.69) is 38.2 Å². The predicted molar refractivity (Wildman–Crippen MR) is 102 cm³/mol. The SMILES string of the molecule is CCC1NNC2CCN(C(=O)CCCn3nnnc3CN3CCOCC3)CC12. The van der Waals surface area contributed by atoms with Crippen molar-refractivity contribution in [2.45, 2.75) is 57.8 Å². The number of aromatic nitrogens is 4. The van der Waals surface area contributed by atoms with Crippen molar-refractivity contribution in [1.29, 1.82) is 0 Å². The van der Waals surface area contributed by atoms with Gasteiger partial charge in [0.1, 0.15) is 0 Å². The summed E-state index contributed by atoms with van der Waals surface area (Å²) in [6.45, 7) is 8.65. The lowest BCUT2D eigenvalue weighted by molar-refractivity contribution is -0.133. The van der Waals surface area contributed by atoms with Crippen molar-refractivity contribution in [2.75, 3.05) is 39.4 Å².